The molecule has 9 unspecified atom stereocenters. The molecular weight excluding hydrogens is 823 g/mol. The Morgan fingerprint density at radius 2 is 1.00 bits per heavy atom. The van der Waals surface area contributed by atoms with Gasteiger partial charge in [-0.05, 0) is 77.0 Å². The van der Waals surface area contributed by atoms with E-state index in [9.17, 15) is 40.5 Å². The number of aliphatic hydroxyl groups is 7. The Hall–Kier alpha value is -1.93. The van der Waals surface area contributed by atoms with Gasteiger partial charge in [0.05, 0.1) is 25.4 Å². The van der Waals surface area contributed by atoms with E-state index in [2.05, 4.69) is 61.7 Å². The highest BCUT2D eigenvalue weighted by atomic mass is 16.7. The van der Waals surface area contributed by atoms with Crippen LogP contribution in [0.4, 0.5) is 0 Å². The summed E-state index contributed by atoms with van der Waals surface area (Å²) in [7, 11) is 0. The summed E-state index contributed by atoms with van der Waals surface area (Å²) < 4.78 is 11.1. The predicted octanol–water partition coefficient (Wildman–Crippen LogP) is 10.1. The first-order chi connectivity index (χ1) is 31.7. The van der Waals surface area contributed by atoms with Crippen molar-refractivity contribution < 1.29 is 50.0 Å². The molecule has 11 nitrogen and oxygen atoms in total. The maximum atomic E-state index is 13.1. The standard InChI is InChI=1S/C54H99NO10/c1-3-5-7-9-11-13-15-16-17-18-19-20-21-22-23-24-25-26-27-28-29-30-31-32-34-36-38-40-42-47(58)53(63)55-45(44-64-54-52(62)51(61)50(60)48(43-56)65-54)49(59)46(57)41-39-37-35-33-14-12-10-8-6-4-2/h8,10,19-20,22-23,33,35,45-52,54,56-62H,3-7,9,11-18,21,24-32,34,36-44H2,1-2H3,(H,55,63)/b10-8+,20-19-,23-22-,35-33+. The normalized spacial score (nSPS) is 21.3. The lowest BCUT2D eigenvalue weighted by molar-refractivity contribution is -0.303. The van der Waals surface area contributed by atoms with Crippen molar-refractivity contribution in [2.45, 2.75) is 274 Å². The van der Waals surface area contributed by atoms with Crippen molar-refractivity contribution in [1.82, 2.24) is 5.32 Å². The lowest BCUT2D eigenvalue weighted by Gasteiger charge is -2.40. The molecule has 8 N–H and O–H groups in total. The van der Waals surface area contributed by atoms with Gasteiger partial charge in [-0.2, -0.15) is 0 Å². The summed E-state index contributed by atoms with van der Waals surface area (Å²) >= 11 is 0. The molecule has 11 heteroatoms. The molecule has 1 saturated heterocycles. The Balaban J connectivity index is 2.26. The second kappa shape index (κ2) is 43.4. The van der Waals surface area contributed by atoms with Gasteiger partial charge in [-0.1, -0.05) is 191 Å². The number of aliphatic hydroxyl groups excluding tert-OH is 7. The molecule has 0 radical (unpaired) electrons. The molecule has 1 heterocycles. The van der Waals surface area contributed by atoms with Crippen LogP contribution in [0.5, 0.6) is 0 Å². The molecule has 0 saturated carbocycles. The van der Waals surface area contributed by atoms with E-state index in [-0.39, 0.29) is 12.8 Å². The average molecular weight is 922 g/mol. The quantitative estimate of drug-likeness (QED) is 0.0216. The fourth-order valence-electron chi connectivity index (χ4n) is 8.20. The average Bonchev–Trinajstić information content (AvgIpc) is 3.31. The number of nitrogens with one attached hydrogen (secondary N) is 1. The van der Waals surface area contributed by atoms with Crippen molar-refractivity contribution in [2.75, 3.05) is 13.2 Å². The molecule has 0 bridgehead atoms. The van der Waals surface area contributed by atoms with Gasteiger partial charge >= 0.3 is 0 Å². The Morgan fingerprint density at radius 1 is 0.538 bits per heavy atom. The lowest BCUT2D eigenvalue weighted by atomic mass is 9.98. The van der Waals surface area contributed by atoms with Crippen molar-refractivity contribution in [3.8, 4) is 0 Å². The van der Waals surface area contributed by atoms with Crippen LogP contribution in [0.15, 0.2) is 48.6 Å². The number of carbonyl (C=O) groups is 1. The van der Waals surface area contributed by atoms with Gasteiger partial charge in [0.25, 0.3) is 0 Å². The Labute approximate surface area is 396 Å². The minimum absolute atomic E-state index is 0.243. The molecule has 0 aliphatic carbocycles. The van der Waals surface area contributed by atoms with Crippen LogP contribution in [0.1, 0.15) is 219 Å². The van der Waals surface area contributed by atoms with Crippen molar-refractivity contribution >= 4 is 5.91 Å². The number of hydrogen-bond acceptors (Lipinski definition) is 10. The zero-order valence-electron chi connectivity index (χ0n) is 41.2. The summed E-state index contributed by atoms with van der Waals surface area (Å²) in [5, 5.41) is 75.6. The summed E-state index contributed by atoms with van der Waals surface area (Å²) in [5.74, 6) is -0.714. The summed E-state index contributed by atoms with van der Waals surface area (Å²) in [5.41, 5.74) is 0. The van der Waals surface area contributed by atoms with E-state index in [1.807, 2.05) is 6.08 Å². The molecule has 1 aliphatic heterocycles. The summed E-state index contributed by atoms with van der Waals surface area (Å²) in [6, 6.07) is -1.19. The molecule has 9 atom stereocenters. The highest BCUT2D eigenvalue weighted by molar-refractivity contribution is 5.80. The molecule has 1 fully saturated rings. The summed E-state index contributed by atoms with van der Waals surface area (Å²) in [6.07, 6.45) is 41.9. The van der Waals surface area contributed by atoms with Crippen LogP contribution < -0.4 is 5.32 Å². The van der Waals surface area contributed by atoms with Crippen molar-refractivity contribution in [1.29, 1.82) is 0 Å². The number of carbonyl (C=O) groups excluding carboxylic acids is 1. The van der Waals surface area contributed by atoms with Gasteiger partial charge in [0, 0.05) is 0 Å². The number of hydrogen-bond donors (Lipinski definition) is 8. The van der Waals surface area contributed by atoms with Crippen LogP contribution in [-0.4, -0.2) is 110 Å². The Kier molecular flexibility index (Phi) is 40.7. The van der Waals surface area contributed by atoms with Crippen LogP contribution in [0, 0.1) is 0 Å². The molecule has 0 aromatic heterocycles. The van der Waals surface area contributed by atoms with Gasteiger partial charge in [-0.15, -0.1) is 0 Å². The van der Waals surface area contributed by atoms with E-state index in [1.54, 1.807) is 0 Å². The van der Waals surface area contributed by atoms with Crippen LogP contribution in [0.25, 0.3) is 0 Å². The first-order valence-electron chi connectivity index (χ1n) is 26.5. The molecule has 0 aromatic rings. The van der Waals surface area contributed by atoms with Gasteiger partial charge in [-0.25, -0.2) is 0 Å². The highest BCUT2D eigenvalue weighted by Crippen LogP contribution is 2.23. The van der Waals surface area contributed by atoms with Crippen molar-refractivity contribution in [3.63, 3.8) is 0 Å². The molecule has 65 heavy (non-hydrogen) atoms. The minimum Gasteiger partial charge on any atom is -0.394 e. The van der Waals surface area contributed by atoms with Crippen LogP contribution in [0.2, 0.25) is 0 Å². The molecule has 380 valence electrons. The molecular formula is C54H99NO10. The number of unbranched alkanes of at least 4 members (excludes halogenated alkanes) is 24. The van der Waals surface area contributed by atoms with Gasteiger partial charge in [0.2, 0.25) is 5.91 Å². The third kappa shape index (κ3) is 32.5. The maximum Gasteiger partial charge on any atom is 0.249 e. The first kappa shape index (κ1) is 61.1. The highest BCUT2D eigenvalue weighted by Gasteiger charge is 2.44. The topological polar surface area (TPSA) is 189 Å². The zero-order valence-corrected chi connectivity index (χ0v) is 41.2. The number of amides is 1. The Bertz CT molecular complexity index is 1190. The van der Waals surface area contributed by atoms with Crippen LogP contribution in [0.3, 0.4) is 0 Å². The van der Waals surface area contributed by atoms with Gasteiger partial charge in [0.1, 0.15) is 36.6 Å². The first-order valence-corrected chi connectivity index (χ1v) is 26.5. The summed E-state index contributed by atoms with van der Waals surface area (Å²) in [4.78, 5) is 13.1. The number of allylic oxidation sites excluding steroid dienone is 8. The molecule has 1 rings (SSSR count). The van der Waals surface area contributed by atoms with Crippen molar-refractivity contribution in [2.24, 2.45) is 0 Å². The van der Waals surface area contributed by atoms with Crippen molar-refractivity contribution in [3.05, 3.63) is 48.6 Å². The molecule has 1 amide bonds. The SMILES string of the molecule is CCC/C=C/CC/C=C/CCCC(O)C(O)C(COC1OC(CO)C(O)C(O)C1O)NC(=O)C(O)CCCCCCCCCCCCCC/C=C\C/C=C\CCCCCCCCCCC. The third-order valence-electron chi connectivity index (χ3n) is 12.6. The monoisotopic (exact) mass is 922 g/mol. The van der Waals surface area contributed by atoms with Gasteiger partial charge < -0.3 is 50.5 Å². The maximum absolute atomic E-state index is 13.1. The van der Waals surface area contributed by atoms with Crippen LogP contribution in [-0.2, 0) is 14.3 Å². The number of rotatable bonds is 44. The predicted molar refractivity (Wildman–Crippen MR) is 265 cm³/mol. The van der Waals surface area contributed by atoms with E-state index >= 15 is 0 Å². The fourth-order valence-corrected chi connectivity index (χ4v) is 8.20. The summed E-state index contributed by atoms with van der Waals surface area (Å²) in [6.45, 7) is 3.34. The fraction of sp³-hybridized carbons (Fsp3) is 0.833. The number of ether oxygens (including phenoxy) is 2. The second-order valence-electron chi connectivity index (χ2n) is 18.6. The molecule has 1 aliphatic rings. The minimum atomic E-state index is -1.67. The largest absolute Gasteiger partial charge is 0.394 e. The Morgan fingerprint density at radius 3 is 1.52 bits per heavy atom. The van der Waals surface area contributed by atoms with E-state index in [0.717, 1.165) is 51.4 Å². The van der Waals surface area contributed by atoms with E-state index in [4.69, 9.17) is 9.47 Å². The smallest absolute Gasteiger partial charge is 0.249 e. The second-order valence-corrected chi connectivity index (χ2v) is 18.6. The van der Waals surface area contributed by atoms with Gasteiger partial charge in [-0.3, -0.25) is 4.79 Å². The van der Waals surface area contributed by atoms with E-state index in [1.165, 1.54) is 122 Å². The van der Waals surface area contributed by atoms with E-state index in [0.29, 0.717) is 19.3 Å². The molecule has 0 spiro atoms. The zero-order chi connectivity index (χ0) is 47.6. The van der Waals surface area contributed by atoms with Gasteiger partial charge in [0.15, 0.2) is 6.29 Å². The third-order valence-corrected chi connectivity index (χ3v) is 12.6. The van der Waals surface area contributed by atoms with E-state index < -0.39 is 74.2 Å². The lowest BCUT2D eigenvalue weighted by Crippen LogP contribution is -2.60. The van der Waals surface area contributed by atoms with Crippen LogP contribution >= 0.6 is 0 Å². The molecule has 0 aromatic carbocycles.